The first-order valence-corrected chi connectivity index (χ1v) is 6.36. The molecule has 88 valence electrons. The summed E-state index contributed by atoms with van der Waals surface area (Å²) in [4.78, 5) is 8.63. The number of anilines is 1. The van der Waals surface area contributed by atoms with Gasteiger partial charge in [0.25, 0.3) is 0 Å². The predicted molar refractivity (Wildman–Crippen MR) is 74.0 cm³/mol. The molecule has 0 amide bonds. The van der Waals surface area contributed by atoms with Gasteiger partial charge in [-0.25, -0.2) is 9.97 Å². The van der Waals surface area contributed by atoms with Gasteiger partial charge in [-0.3, -0.25) is 0 Å². The first-order chi connectivity index (χ1) is 8.10. The minimum Gasteiger partial charge on any atom is -0.384 e. The highest BCUT2D eigenvalue weighted by atomic mass is 79.9. The first kappa shape index (κ1) is 12.3. The van der Waals surface area contributed by atoms with Crippen molar-refractivity contribution in [2.24, 2.45) is 0 Å². The minimum absolute atomic E-state index is 0.464. The van der Waals surface area contributed by atoms with E-state index in [4.69, 9.17) is 17.3 Å². The summed E-state index contributed by atoms with van der Waals surface area (Å²) in [5, 5.41) is 0.604. The zero-order chi connectivity index (χ0) is 12.4. The summed E-state index contributed by atoms with van der Waals surface area (Å²) in [6.07, 6.45) is 0.813. The normalized spacial score (nSPS) is 10.5. The summed E-state index contributed by atoms with van der Waals surface area (Å²) in [6.45, 7) is 2.02. The molecule has 5 heteroatoms. The molecule has 1 aromatic carbocycles. The fraction of sp³-hybridized carbons (Fsp3) is 0.167. The van der Waals surface area contributed by atoms with Gasteiger partial charge < -0.3 is 5.73 Å². The van der Waals surface area contributed by atoms with Crippen LogP contribution in [0.4, 0.5) is 5.82 Å². The average Bonchev–Trinajstić information content (AvgIpc) is 2.28. The van der Waals surface area contributed by atoms with Gasteiger partial charge in [-0.05, 0) is 24.6 Å². The summed E-state index contributed by atoms with van der Waals surface area (Å²) >= 11 is 9.52. The molecule has 0 aliphatic heterocycles. The molecule has 0 fully saturated rings. The van der Waals surface area contributed by atoms with Crippen LogP contribution in [0, 0.1) is 0 Å². The van der Waals surface area contributed by atoms with Gasteiger partial charge in [-0.1, -0.05) is 34.5 Å². The van der Waals surface area contributed by atoms with Crippen molar-refractivity contribution in [3.05, 3.63) is 39.5 Å². The van der Waals surface area contributed by atoms with E-state index >= 15 is 0 Å². The lowest BCUT2D eigenvalue weighted by Gasteiger charge is -2.06. The molecule has 3 nitrogen and oxygen atoms in total. The molecule has 1 aromatic heterocycles. The number of nitrogen functional groups attached to an aromatic ring is 1. The molecule has 0 bridgehead atoms. The van der Waals surface area contributed by atoms with Crippen molar-refractivity contribution in [1.82, 2.24) is 9.97 Å². The Morgan fingerprint density at radius 1 is 1.29 bits per heavy atom. The van der Waals surface area contributed by atoms with Crippen molar-refractivity contribution >= 4 is 33.3 Å². The van der Waals surface area contributed by atoms with E-state index in [9.17, 15) is 0 Å². The monoisotopic (exact) mass is 311 g/mol. The van der Waals surface area contributed by atoms with Crippen LogP contribution in [-0.4, -0.2) is 9.97 Å². The molecule has 0 spiro atoms. The standard InChI is InChI=1S/C12H11BrClN3/c1-2-8-6-11(15)17-12(16-8)9-4-3-7(13)5-10(9)14/h3-6H,2H2,1H3,(H2,15,16,17). The third-order valence-electron chi connectivity index (χ3n) is 2.33. The Bertz CT molecular complexity index is 557. The van der Waals surface area contributed by atoms with E-state index < -0.39 is 0 Å². The Morgan fingerprint density at radius 2 is 2.06 bits per heavy atom. The molecule has 17 heavy (non-hydrogen) atoms. The van der Waals surface area contributed by atoms with E-state index in [1.54, 1.807) is 6.07 Å². The smallest absolute Gasteiger partial charge is 0.163 e. The number of rotatable bonds is 2. The maximum absolute atomic E-state index is 6.16. The number of nitrogens with two attached hydrogens (primary N) is 1. The molecule has 0 unspecified atom stereocenters. The number of benzene rings is 1. The highest BCUT2D eigenvalue weighted by Gasteiger charge is 2.09. The van der Waals surface area contributed by atoms with Crippen LogP contribution in [0.1, 0.15) is 12.6 Å². The molecule has 0 saturated heterocycles. The van der Waals surface area contributed by atoms with Crippen molar-refractivity contribution in [1.29, 1.82) is 0 Å². The maximum Gasteiger partial charge on any atom is 0.163 e. The second-order valence-corrected chi connectivity index (χ2v) is 4.91. The van der Waals surface area contributed by atoms with Crippen LogP contribution >= 0.6 is 27.5 Å². The molecule has 0 radical (unpaired) electrons. The quantitative estimate of drug-likeness (QED) is 0.920. The van der Waals surface area contributed by atoms with Crippen LogP contribution in [-0.2, 0) is 6.42 Å². The van der Waals surface area contributed by atoms with Gasteiger partial charge in [0.2, 0.25) is 0 Å². The van der Waals surface area contributed by atoms with E-state index in [1.165, 1.54) is 0 Å². The van der Waals surface area contributed by atoms with Crippen LogP contribution in [0.25, 0.3) is 11.4 Å². The number of nitrogens with zero attached hydrogens (tertiary/aromatic N) is 2. The summed E-state index contributed by atoms with van der Waals surface area (Å²) in [5.41, 5.74) is 7.45. The summed E-state index contributed by atoms with van der Waals surface area (Å²) < 4.78 is 0.922. The van der Waals surface area contributed by atoms with Crippen molar-refractivity contribution < 1.29 is 0 Å². The molecule has 2 aromatic rings. The maximum atomic E-state index is 6.16. The van der Waals surface area contributed by atoms with Gasteiger partial charge in [0.15, 0.2) is 5.82 Å². The second kappa shape index (κ2) is 5.02. The Hall–Kier alpha value is -1.13. The Balaban J connectivity index is 2.55. The number of aryl methyl sites for hydroxylation is 1. The highest BCUT2D eigenvalue weighted by molar-refractivity contribution is 9.10. The Labute approximate surface area is 113 Å². The molecule has 1 heterocycles. The average molecular weight is 313 g/mol. The summed E-state index contributed by atoms with van der Waals surface area (Å²) in [7, 11) is 0. The van der Waals surface area contributed by atoms with E-state index in [-0.39, 0.29) is 0 Å². The molecular weight excluding hydrogens is 302 g/mol. The van der Waals surface area contributed by atoms with Crippen LogP contribution in [0.5, 0.6) is 0 Å². The van der Waals surface area contributed by atoms with E-state index in [1.807, 2.05) is 25.1 Å². The van der Waals surface area contributed by atoms with E-state index in [0.717, 1.165) is 22.2 Å². The van der Waals surface area contributed by atoms with E-state index in [2.05, 4.69) is 25.9 Å². The number of halogens is 2. The molecular formula is C12H11BrClN3. The second-order valence-electron chi connectivity index (χ2n) is 3.59. The Morgan fingerprint density at radius 3 is 2.71 bits per heavy atom. The van der Waals surface area contributed by atoms with Crippen molar-refractivity contribution in [3.8, 4) is 11.4 Å². The molecule has 2 N–H and O–H groups in total. The predicted octanol–water partition coefficient (Wildman–Crippen LogP) is 3.70. The van der Waals surface area contributed by atoms with Gasteiger partial charge in [0, 0.05) is 21.8 Å². The third kappa shape index (κ3) is 2.76. The third-order valence-corrected chi connectivity index (χ3v) is 3.14. The first-order valence-electron chi connectivity index (χ1n) is 5.19. The van der Waals surface area contributed by atoms with Crippen LogP contribution < -0.4 is 5.73 Å². The fourth-order valence-corrected chi connectivity index (χ4v) is 2.25. The molecule has 0 aliphatic rings. The zero-order valence-corrected chi connectivity index (χ0v) is 11.6. The summed E-state index contributed by atoms with van der Waals surface area (Å²) in [6, 6.07) is 7.37. The van der Waals surface area contributed by atoms with Gasteiger partial charge in [-0.2, -0.15) is 0 Å². The largest absolute Gasteiger partial charge is 0.384 e. The van der Waals surface area contributed by atoms with Gasteiger partial charge in [0.1, 0.15) is 5.82 Å². The van der Waals surface area contributed by atoms with Gasteiger partial charge in [0.05, 0.1) is 5.02 Å². The lowest BCUT2D eigenvalue weighted by molar-refractivity contribution is 1.01. The molecule has 0 atom stereocenters. The number of hydrogen-bond acceptors (Lipinski definition) is 3. The highest BCUT2D eigenvalue weighted by Crippen LogP contribution is 2.28. The topological polar surface area (TPSA) is 51.8 Å². The van der Waals surface area contributed by atoms with Crippen molar-refractivity contribution in [3.63, 3.8) is 0 Å². The fourth-order valence-electron chi connectivity index (χ4n) is 1.49. The number of hydrogen-bond donors (Lipinski definition) is 1. The zero-order valence-electron chi connectivity index (χ0n) is 9.24. The van der Waals surface area contributed by atoms with Crippen LogP contribution in [0.15, 0.2) is 28.7 Å². The van der Waals surface area contributed by atoms with Gasteiger partial charge >= 0.3 is 0 Å². The van der Waals surface area contributed by atoms with Crippen molar-refractivity contribution in [2.75, 3.05) is 5.73 Å². The van der Waals surface area contributed by atoms with Gasteiger partial charge in [-0.15, -0.1) is 0 Å². The molecule has 0 aliphatic carbocycles. The van der Waals surface area contributed by atoms with E-state index in [0.29, 0.717) is 16.7 Å². The Kier molecular flexibility index (Phi) is 3.64. The molecule has 2 rings (SSSR count). The lowest BCUT2D eigenvalue weighted by atomic mass is 10.2. The SMILES string of the molecule is CCc1cc(N)nc(-c2ccc(Br)cc2Cl)n1. The summed E-state index contributed by atoms with van der Waals surface area (Å²) in [5.74, 6) is 1.03. The van der Waals surface area contributed by atoms with Crippen molar-refractivity contribution in [2.45, 2.75) is 13.3 Å². The van der Waals surface area contributed by atoms with Crippen LogP contribution in [0.2, 0.25) is 5.02 Å². The van der Waals surface area contributed by atoms with Crippen LogP contribution in [0.3, 0.4) is 0 Å². The molecule has 0 saturated carbocycles. The number of aromatic nitrogens is 2. The minimum atomic E-state index is 0.464. The lowest BCUT2D eigenvalue weighted by Crippen LogP contribution is -1.99.